The molecule has 1 fully saturated rings. The van der Waals surface area contributed by atoms with E-state index in [1.807, 2.05) is 6.92 Å². The van der Waals surface area contributed by atoms with Crippen molar-refractivity contribution < 1.29 is 8.78 Å². The van der Waals surface area contributed by atoms with Crippen LogP contribution < -0.4 is 10.6 Å². The molecule has 1 aromatic heterocycles. The molecule has 0 bridgehead atoms. The maximum atomic E-state index is 13.5. The second kappa shape index (κ2) is 4.71. The van der Waals surface area contributed by atoms with Gasteiger partial charge in [0.1, 0.15) is 0 Å². The second-order valence-corrected chi connectivity index (χ2v) is 5.45. The molecule has 0 saturated heterocycles. The summed E-state index contributed by atoms with van der Waals surface area (Å²) in [4.78, 5) is 3.94. The third-order valence-electron chi connectivity index (χ3n) is 3.51. The predicted octanol–water partition coefficient (Wildman–Crippen LogP) is 3.25. The monoisotopic (exact) mass is 255 g/mol. The molecule has 3 nitrogen and oxygen atoms in total. The summed E-state index contributed by atoms with van der Waals surface area (Å²) in [7, 11) is 0. The molecular weight excluding hydrogens is 236 g/mol. The first-order valence-corrected chi connectivity index (χ1v) is 6.28. The van der Waals surface area contributed by atoms with Crippen LogP contribution in [0.15, 0.2) is 6.07 Å². The molecule has 1 aromatic rings. The van der Waals surface area contributed by atoms with Crippen molar-refractivity contribution >= 4 is 11.6 Å². The fourth-order valence-electron chi connectivity index (χ4n) is 2.03. The Bertz CT molecular complexity index is 446. The third-order valence-corrected chi connectivity index (χ3v) is 3.51. The Morgan fingerprint density at radius 1 is 1.28 bits per heavy atom. The van der Waals surface area contributed by atoms with Crippen molar-refractivity contribution in [3.8, 4) is 0 Å². The maximum Gasteiger partial charge on any atom is 0.168 e. The second-order valence-electron chi connectivity index (χ2n) is 5.45. The zero-order chi connectivity index (χ0) is 13.3. The molecule has 0 radical (unpaired) electrons. The quantitative estimate of drug-likeness (QED) is 0.848. The van der Waals surface area contributed by atoms with E-state index in [0.29, 0.717) is 24.4 Å². The highest BCUT2D eigenvalue weighted by Crippen LogP contribution is 2.51. The van der Waals surface area contributed by atoms with Crippen molar-refractivity contribution in [2.24, 2.45) is 11.3 Å². The summed E-state index contributed by atoms with van der Waals surface area (Å²) in [6.45, 7) is 7.42. The molecule has 0 spiro atoms. The fourth-order valence-corrected chi connectivity index (χ4v) is 2.03. The molecule has 1 aliphatic rings. The van der Waals surface area contributed by atoms with Gasteiger partial charge in [-0.25, -0.2) is 13.8 Å². The highest BCUT2D eigenvalue weighted by Gasteiger charge is 2.45. The first-order valence-electron chi connectivity index (χ1n) is 6.28. The number of halogens is 2. The van der Waals surface area contributed by atoms with E-state index in [-0.39, 0.29) is 11.6 Å². The van der Waals surface area contributed by atoms with Crippen LogP contribution >= 0.6 is 0 Å². The highest BCUT2D eigenvalue weighted by atomic mass is 19.1. The van der Waals surface area contributed by atoms with Crippen LogP contribution in [0.25, 0.3) is 0 Å². The van der Waals surface area contributed by atoms with E-state index in [0.717, 1.165) is 12.5 Å². The molecule has 0 aliphatic heterocycles. The number of hydrogen-bond donors (Lipinski definition) is 2. The summed E-state index contributed by atoms with van der Waals surface area (Å²) < 4.78 is 26.9. The predicted molar refractivity (Wildman–Crippen MR) is 68.7 cm³/mol. The van der Waals surface area contributed by atoms with Crippen LogP contribution in [0.5, 0.6) is 0 Å². The van der Waals surface area contributed by atoms with Gasteiger partial charge in [-0.15, -0.1) is 0 Å². The van der Waals surface area contributed by atoms with E-state index < -0.39 is 11.6 Å². The van der Waals surface area contributed by atoms with Crippen LogP contribution in [-0.2, 0) is 0 Å². The van der Waals surface area contributed by atoms with Crippen molar-refractivity contribution in [1.82, 2.24) is 4.98 Å². The van der Waals surface area contributed by atoms with Crippen LogP contribution in [0.4, 0.5) is 20.4 Å². The molecule has 1 aliphatic carbocycles. The van der Waals surface area contributed by atoms with E-state index in [2.05, 4.69) is 29.5 Å². The van der Waals surface area contributed by atoms with Crippen LogP contribution in [0.3, 0.4) is 0 Å². The lowest BCUT2D eigenvalue weighted by Gasteiger charge is -2.11. The Balaban J connectivity index is 2.05. The molecule has 2 N–H and O–H groups in total. The summed E-state index contributed by atoms with van der Waals surface area (Å²) in [5.74, 6) is -0.558. The van der Waals surface area contributed by atoms with Gasteiger partial charge >= 0.3 is 0 Å². The average Bonchev–Trinajstić information content (AvgIpc) is 2.89. The minimum Gasteiger partial charge on any atom is -0.368 e. The Morgan fingerprint density at radius 2 is 1.83 bits per heavy atom. The third kappa shape index (κ3) is 2.71. The lowest BCUT2D eigenvalue weighted by molar-refractivity contribution is 0.563. The van der Waals surface area contributed by atoms with E-state index in [1.54, 1.807) is 0 Å². The number of anilines is 2. The summed E-state index contributed by atoms with van der Waals surface area (Å²) in [6, 6.07) is 0.866. The topological polar surface area (TPSA) is 37.0 Å². The average molecular weight is 255 g/mol. The van der Waals surface area contributed by atoms with E-state index in [1.165, 1.54) is 0 Å². The van der Waals surface area contributed by atoms with Crippen molar-refractivity contribution in [2.45, 2.75) is 27.2 Å². The molecule has 1 unspecified atom stereocenters. The van der Waals surface area contributed by atoms with Gasteiger partial charge in [0.2, 0.25) is 0 Å². The van der Waals surface area contributed by atoms with Crippen LogP contribution in [0, 0.1) is 23.0 Å². The molecule has 1 atom stereocenters. The van der Waals surface area contributed by atoms with Crippen molar-refractivity contribution in [1.29, 1.82) is 0 Å². The molecule has 2 rings (SSSR count). The van der Waals surface area contributed by atoms with Gasteiger partial charge in [-0.2, -0.15) is 0 Å². The van der Waals surface area contributed by atoms with Crippen molar-refractivity contribution in [3.63, 3.8) is 0 Å². The van der Waals surface area contributed by atoms with E-state index in [9.17, 15) is 8.78 Å². The fraction of sp³-hybridized carbons (Fsp3) is 0.615. The zero-order valence-electron chi connectivity index (χ0n) is 11.0. The SMILES string of the molecule is CCNc1nc(NCC2CC2(C)C)c(F)cc1F. The largest absolute Gasteiger partial charge is 0.368 e. The summed E-state index contributed by atoms with van der Waals surface area (Å²) in [5.41, 5.74) is 0.327. The first kappa shape index (κ1) is 13.1. The van der Waals surface area contributed by atoms with E-state index in [4.69, 9.17) is 0 Å². The Hall–Kier alpha value is -1.39. The van der Waals surface area contributed by atoms with E-state index >= 15 is 0 Å². The van der Waals surface area contributed by atoms with Crippen LogP contribution in [-0.4, -0.2) is 18.1 Å². The molecule has 18 heavy (non-hydrogen) atoms. The Kier molecular flexibility index (Phi) is 3.41. The summed E-state index contributed by atoms with van der Waals surface area (Å²) in [5, 5.41) is 5.73. The van der Waals surface area contributed by atoms with Gasteiger partial charge < -0.3 is 10.6 Å². The Labute approximate surface area is 106 Å². The normalized spacial score (nSPS) is 20.6. The van der Waals surface area contributed by atoms with Gasteiger partial charge in [0.15, 0.2) is 23.3 Å². The minimum atomic E-state index is -0.661. The van der Waals surface area contributed by atoms with Gasteiger partial charge in [-0.1, -0.05) is 13.8 Å². The number of nitrogens with zero attached hydrogens (tertiary/aromatic N) is 1. The highest BCUT2D eigenvalue weighted by molar-refractivity contribution is 5.47. The maximum absolute atomic E-state index is 13.5. The Morgan fingerprint density at radius 3 is 2.33 bits per heavy atom. The lowest BCUT2D eigenvalue weighted by atomic mass is 10.1. The molecule has 1 saturated carbocycles. The minimum absolute atomic E-state index is 0.0939. The molecule has 0 aromatic carbocycles. The lowest BCUT2D eigenvalue weighted by Crippen LogP contribution is -2.12. The van der Waals surface area contributed by atoms with Gasteiger partial charge in [0.05, 0.1) is 0 Å². The van der Waals surface area contributed by atoms with Gasteiger partial charge in [0.25, 0.3) is 0 Å². The zero-order valence-corrected chi connectivity index (χ0v) is 11.0. The number of rotatable bonds is 5. The van der Waals surface area contributed by atoms with Gasteiger partial charge in [-0.3, -0.25) is 0 Å². The molecule has 0 amide bonds. The summed E-state index contributed by atoms with van der Waals surface area (Å²) >= 11 is 0. The molecular formula is C13H19F2N3. The molecule has 100 valence electrons. The van der Waals surface area contributed by atoms with Gasteiger partial charge in [-0.05, 0) is 24.7 Å². The number of aromatic nitrogens is 1. The number of nitrogens with one attached hydrogen (secondary N) is 2. The molecule has 5 heteroatoms. The van der Waals surface area contributed by atoms with Crippen molar-refractivity contribution in [2.75, 3.05) is 23.7 Å². The standard InChI is InChI=1S/C13H19F2N3/c1-4-16-11-9(14)5-10(15)12(18-11)17-7-8-6-13(8,2)3/h5,8H,4,6-7H2,1-3H3,(H2,16,17,18). The summed E-state index contributed by atoms with van der Waals surface area (Å²) in [6.07, 6.45) is 1.13. The number of hydrogen-bond acceptors (Lipinski definition) is 3. The van der Waals surface area contributed by atoms with Gasteiger partial charge in [0, 0.05) is 19.2 Å². The van der Waals surface area contributed by atoms with Crippen LogP contribution in [0.1, 0.15) is 27.2 Å². The molecule has 1 heterocycles. The smallest absolute Gasteiger partial charge is 0.168 e. The van der Waals surface area contributed by atoms with Crippen LogP contribution in [0.2, 0.25) is 0 Å². The first-order chi connectivity index (χ1) is 8.44. The van der Waals surface area contributed by atoms with Crippen molar-refractivity contribution in [3.05, 3.63) is 17.7 Å². The number of pyridine rings is 1.